The maximum Gasteiger partial charge on any atom is 0.238 e. The fourth-order valence-corrected chi connectivity index (χ4v) is 3.20. The minimum absolute atomic E-state index is 0.0205. The van der Waals surface area contributed by atoms with E-state index in [-0.39, 0.29) is 40.6 Å². The van der Waals surface area contributed by atoms with Crippen LogP contribution < -0.4 is 15.4 Å². The number of ether oxygens (including phenoxy) is 1. The lowest BCUT2D eigenvalue weighted by atomic mass is 10.3. The fraction of sp³-hybridized carbons (Fsp3) is 0.222. The number of carbonyl (C=O) groups is 2. The summed E-state index contributed by atoms with van der Waals surface area (Å²) in [7, 11) is 3.20. The van der Waals surface area contributed by atoms with E-state index in [0.29, 0.717) is 16.5 Å². The van der Waals surface area contributed by atoms with Crippen molar-refractivity contribution in [2.24, 2.45) is 0 Å². The first-order chi connectivity index (χ1) is 12.8. The first kappa shape index (κ1) is 21.3. The van der Waals surface area contributed by atoms with Crippen LogP contribution >= 0.6 is 34.8 Å². The van der Waals surface area contributed by atoms with Gasteiger partial charge in [-0.25, -0.2) is 0 Å². The number of methoxy groups -OCH3 is 1. The number of anilines is 2. The van der Waals surface area contributed by atoms with Gasteiger partial charge in [0.25, 0.3) is 0 Å². The summed E-state index contributed by atoms with van der Waals surface area (Å²) in [5.74, 6) is 0.0103. The van der Waals surface area contributed by atoms with Crippen LogP contribution in [0.4, 0.5) is 11.4 Å². The lowest BCUT2D eigenvalue weighted by Crippen LogP contribution is -2.36. The first-order valence-electron chi connectivity index (χ1n) is 7.85. The van der Waals surface area contributed by atoms with Crippen LogP contribution in [-0.2, 0) is 9.59 Å². The van der Waals surface area contributed by atoms with Crippen LogP contribution in [0.1, 0.15) is 0 Å². The van der Waals surface area contributed by atoms with Crippen molar-refractivity contribution in [1.82, 2.24) is 4.90 Å². The molecule has 2 aromatic carbocycles. The normalized spacial score (nSPS) is 10.6. The molecule has 0 aliphatic heterocycles. The van der Waals surface area contributed by atoms with Crippen LogP contribution in [0.15, 0.2) is 36.4 Å². The highest BCUT2D eigenvalue weighted by molar-refractivity contribution is 6.42. The van der Waals surface area contributed by atoms with Crippen molar-refractivity contribution in [3.63, 3.8) is 0 Å². The summed E-state index contributed by atoms with van der Waals surface area (Å²) in [6.07, 6.45) is 0. The van der Waals surface area contributed by atoms with Crippen molar-refractivity contribution in [2.45, 2.75) is 0 Å². The maximum absolute atomic E-state index is 12.2. The monoisotopic (exact) mass is 429 g/mol. The molecular weight excluding hydrogens is 413 g/mol. The van der Waals surface area contributed by atoms with Gasteiger partial charge in [-0.3, -0.25) is 14.5 Å². The third kappa shape index (κ3) is 6.59. The molecule has 0 unspecified atom stereocenters. The van der Waals surface area contributed by atoms with Crippen LogP contribution in [0.3, 0.4) is 0 Å². The van der Waals surface area contributed by atoms with Gasteiger partial charge in [-0.05, 0) is 31.3 Å². The Labute approximate surface area is 172 Å². The number of nitrogens with one attached hydrogen (secondary N) is 2. The van der Waals surface area contributed by atoms with Crippen molar-refractivity contribution < 1.29 is 14.3 Å². The highest BCUT2D eigenvalue weighted by atomic mass is 35.5. The molecule has 0 atom stereocenters. The molecule has 0 aliphatic carbocycles. The minimum Gasteiger partial charge on any atom is -0.497 e. The lowest BCUT2D eigenvalue weighted by molar-refractivity contribution is -0.119. The molecule has 0 radical (unpaired) electrons. The van der Waals surface area contributed by atoms with Gasteiger partial charge in [0.1, 0.15) is 5.75 Å². The molecule has 9 heteroatoms. The van der Waals surface area contributed by atoms with Gasteiger partial charge < -0.3 is 15.4 Å². The van der Waals surface area contributed by atoms with Gasteiger partial charge in [-0.1, -0.05) is 40.9 Å². The highest BCUT2D eigenvalue weighted by Gasteiger charge is 2.15. The average Bonchev–Trinajstić information content (AvgIpc) is 2.57. The number of amides is 2. The topological polar surface area (TPSA) is 70.7 Å². The average molecular weight is 431 g/mol. The van der Waals surface area contributed by atoms with Gasteiger partial charge >= 0.3 is 0 Å². The molecule has 27 heavy (non-hydrogen) atoms. The number of rotatable bonds is 7. The quantitative estimate of drug-likeness (QED) is 0.692. The largest absolute Gasteiger partial charge is 0.497 e. The summed E-state index contributed by atoms with van der Waals surface area (Å²) in [5, 5.41) is 6.21. The molecule has 0 saturated heterocycles. The molecule has 0 bridgehead atoms. The predicted molar refractivity (Wildman–Crippen MR) is 109 cm³/mol. The van der Waals surface area contributed by atoms with Crippen LogP contribution in [0, 0.1) is 0 Å². The Kier molecular flexibility index (Phi) is 7.74. The van der Waals surface area contributed by atoms with E-state index in [9.17, 15) is 9.59 Å². The van der Waals surface area contributed by atoms with Gasteiger partial charge in [0.05, 0.1) is 35.9 Å². The SMILES string of the molecule is COc1cccc(NC(=O)CN(C)CC(=O)Nc2c(Cl)cc(Cl)cc2Cl)c1. The third-order valence-corrected chi connectivity index (χ3v) is 4.27. The van der Waals surface area contributed by atoms with Crippen molar-refractivity contribution in [3.8, 4) is 5.75 Å². The van der Waals surface area contributed by atoms with E-state index in [4.69, 9.17) is 39.5 Å². The van der Waals surface area contributed by atoms with Gasteiger partial charge in [0.2, 0.25) is 11.8 Å². The lowest BCUT2D eigenvalue weighted by Gasteiger charge is -2.17. The second-order valence-electron chi connectivity index (χ2n) is 5.75. The summed E-state index contributed by atoms with van der Waals surface area (Å²) in [6.45, 7) is -0.00642. The Morgan fingerprint density at radius 1 is 1.00 bits per heavy atom. The zero-order valence-electron chi connectivity index (χ0n) is 14.7. The third-order valence-electron chi connectivity index (χ3n) is 3.45. The van der Waals surface area contributed by atoms with E-state index in [2.05, 4.69) is 10.6 Å². The van der Waals surface area contributed by atoms with Crippen LogP contribution in [-0.4, -0.2) is 44.0 Å². The number of nitrogens with zero attached hydrogens (tertiary/aromatic N) is 1. The predicted octanol–water partition coefficient (Wildman–Crippen LogP) is 4.16. The zero-order valence-corrected chi connectivity index (χ0v) is 17.0. The van der Waals surface area contributed by atoms with Gasteiger partial charge in [-0.2, -0.15) is 0 Å². The molecule has 0 spiro atoms. The van der Waals surface area contributed by atoms with Crippen molar-refractivity contribution in [3.05, 3.63) is 51.5 Å². The number of carbonyl (C=O) groups excluding carboxylic acids is 2. The van der Waals surface area contributed by atoms with E-state index >= 15 is 0 Å². The standard InChI is InChI=1S/C18H18Cl3N3O3/c1-24(9-16(25)22-12-4-3-5-13(8-12)27-2)10-17(26)23-18-14(20)6-11(19)7-15(18)21/h3-8H,9-10H2,1-2H3,(H,22,25)(H,23,26). The number of benzene rings is 2. The van der Waals surface area contributed by atoms with Gasteiger partial charge in [-0.15, -0.1) is 0 Å². The second kappa shape index (κ2) is 9.80. The summed E-state index contributed by atoms with van der Waals surface area (Å²) in [4.78, 5) is 25.9. The Morgan fingerprint density at radius 2 is 1.59 bits per heavy atom. The molecule has 2 amide bonds. The van der Waals surface area contributed by atoms with Crippen molar-refractivity contribution in [2.75, 3.05) is 37.9 Å². The van der Waals surface area contributed by atoms with E-state index in [1.165, 1.54) is 12.1 Å². The molecule has 144 valence electrons. The van der Waals surface area contributed by atoms with Crippen LogP contribution in [0.5, 0.6) is 5.75 Å². The number of hydrogen-bond donors (Lipinski definition) is 2. The molecule has 6 nitrogen and oxygen atoms in total. The van der Waals surface area contributed by atoms with Crippen molar-refractivity contribution >= 4 is 58.0 Å². The second-order valence-corrected chi connectivity index (χ2v) is 7.00. The van der Waals surface area contributed by atoms with Crippen LogP contribution in [0.25, 0.3) is 0 Å². The van der Waals surface area contributed by atoms with E-state index in [0.717, 1.165) is 0 Å². The number of likely N-dealkylation sites (N-methyl/N-ethyl adjacent to an activating group) is 1. The number of halogens is 3. The fourth-order valence-electron chi connectivity index (χ4n) is 2.29. The Hall–Kier alpha value is -1.99. The zero-order chi connectivity index (χ0) is 20.0. The van der Waals surface area contributed by atoms with Crippen molar-refractivity contribution in [1.29, 1.82) is 0 Å². The van der Waals surface area contributed by atoms with Crippen LogP contribution in [0.2, 0.25) is 15.1 Å². The Balaban J connectivity index is 1.88. The molecule has 0 fully saturated rings. The Bertz CT molecular complexity index is 823. The molecule has 2 aromatic rings. The smallest absolute Gasteiger partial charge is 0.238 e. The summed E-state index contributed by atoms with van der Waals surface area (Å²) >= 11 is 17.9. The molecule has 0 aliphatic rings. The molecule has 2 rings (SSSR count). The molecule has 0 aromatic heterocycles. The highest BCUT2D eigenvalue weighted by Crippen LogP contribution is 2.33. The minimum atomic E-state index is -0.363. The molecule has 0 saturated carbocycles. The number of hydrogen-bond acceptors (Lipinski definition) is 4. The first-order valence-corrected chi connectivity index (χ1v) is 8.98. The van der Waals surface area contributed by atoms with E-state index in [1.54, 1.807) is 43.3 Å². The Morgan fingerprint density at radius 3 is 2.19 bits per heavy atom. The van der Waals surface area contributed by atoms with E-state index in [1.807, 2.05) is 0 Å². The summed E-state index contributed by atoms with van der Waals surface area (Å²) in [6, 6.07) is 9.96. The summed E-state index contributed by atoms with van der Waals surface area (Å²) in [5.41, 5.74) is 0.888. The maximum atomic E-state index is 12.2. The molecule has 2 N–H and O–H groups in total. The van der Waals surface area contributed by atoms with Gasteiger partial charge in [0, 0.05) is 16.8 Å². The molecular formula is C18H18Cl3N3O3. The summed E-state index contributed by atoms with van der Waals surface area (Å²) < 4.78 is 5.11. The van der Waals surface area contributed by atoms with E-state index < -0.39 is 0 Å². The molecule has 0 heterocycles. The van der Waals surface area contributed by atoms with Gasteiger partial charge in [0.15, 0.2) is 0 Å².